The van der Waals surface area contributed by atoms with Gasteiger partial charge in [-0.1, -0.05) is 90.9 Å². The molecule has 1 heterocycles. The molecule has 9 atom stereocenters. The third-order valence-electron chi connectivity index (χ3n) is 12.3. The van der Waals surface area contributed by atoms with Crippen LogP contribution in [-0.4, -0.2) is 94.8 Å². The zero-order valence-electron chi connectivity index (χ0n) is 33.3. The number of aliphatic hydroxyl groups excluding tert-OH is 2. The number of carbonyl (C=O) groups excluding carboxylic acids is 1. The Balaban J connectivity index is 1.60. The molecule has 1 aliphatic heterocycles. The highest BCUT2D eigenvalue weighted by Crippen LogP contribution is 2.47. The summed E-state index contributed by atoms with van der Waals surface area (Å²) in [6.45, 7) is 20.5. The van der Waals surface area contributed by atoms with E-state index < -0.39 is 24.2 Å². The van der Waals surface area contributed by atoms with E-state index in [9.17, 15) is 15.0 Å². The van der Waals surface area contributed by atoms with E-state index in [1.807, 2.05) is 0 Å². The van der Waals surface area contributed by atoms with Crippen LogP contribution in [0.4, 0.5) is 0 Å². The van der Waals surface area contributed by atoms with Crippen LogP contribution in [0.15, 0.2) is 53.4 Å². The van der Waals surface area contributed by atoms with Gasteiger partial charge in [-0.25, -0.2) is 0 Å². The summed E-state index contributed by atoms with van der Waals surface area (Å²) in [5, 5.41) is 26.4. The molecule has 3 N–H and O–H groups in total. The highest BCUT2D eigenvalue weighted by atomic mass is 32.2. The van der Waals surface area contributed by atoms with Crippen molar-refractivity contribution < 1.29 is 19.8 Å². The number of rotatable bonds is 16. The van der Waals surface area contributed by atoms with Crippen LogP contribution in [0.3, 0.4) is 0 Å². The molecular weight excluding hydrogens is 657 g/mol. The van der Waals surface area contributed by atoms with Gasteiger partial charge in [-0.2, -0.15) is 5.06 Å². The summed E-state index contributed by atoms with van der Waals surface area (Å²) in [5.41, 5.74) is 3.76. The Morgan fingerprint density at radius 1 is 1.06 bits per heavy atom. The lowest BCUT2D eigenvalue weighted by Gasteiger charge is -2.50. The van der Waals surface area contributed by atoms with Crippen molar-refractivity contribution in [2.45, 2.75) is 123 Å². The largest absolute Gasteiger partial charge is 0.394 e. The Hall–Kier alpha value is -1.98. The van der Waals surface area contributed by atoms with Gasteiger partial charge >= 0.3 is 0 Å². The number of thioether (sulfide) groups is 1. The minimum atomic E-state index is -0.831. The van der Waals surface area contributed by atoms with Gasteiger partial charge in [-0.15, -0.1) is 11.8 Å². The zero-order valence-corrected chi connectivity index (χ0v) is 34.1. The molecule has 0 unspecified atom stereocenters. The number of hydrogen-bond donors (Lipinski definition) is 3. The Morgan fingerprint density at radius 2 is 1.75 bits per heavy atom. The highest BCUT2D eigenvalue weighted by Gasteiger charge is 2.51. The van der Waals surface area contributed by atoms with Crippen LogP contribution in [0.5, 0.6) is 0 Å². The SMILES string of the molecule is CSc1ccccc1CN(Cc1cccc(CN2O[C@@H](CO)[C@@H]([C@H](C)O)[C@H]2C(=O)N[C@H]2C[C@@H](C)C(C)(C)[C@@H](C)[C@@H]2C)c1)[C@@H](CC(C)C)CN(C)C. The van der Waals surface area contributed by atoms with Gasteiger partial charge in [0.05, 0.1) is 19.3 Å². The lowest BCUT2D eigenvalue weighted by Crippen LogP contribution is -2.56. The Kier molecular flexibility index (Phi) is 15.0. The van der Waals surface area contributed by atoms with E-state index in [4.69, 9.17) is 4.84 Å². The Bertz CT molecular complexity index is 1390. The fourth-order valence-corrected chi connectivity index (χ4v) is 9.23. The van der Waals surface area contributed by atoms with E-state index in [1.165, 1.54) is 16.0 Å². The molecule has 2 aliphatic rings. The average Bonchev–Trinajstić information content (AvgIpc) is 3.44. The molecule has 2 aromatic carbocycles. The molecule has 2 fully saturated rings. The van der Waals surface area contributed by atoms with Crippen molar-refractivity contribution in [3.63, 3.8) is 0 Å². The Morgan fingerprint density at radius 3 is 2.37 bits per heavy atom. The number of hydrogen-bond acceptors (Lipinski definition) is 8. The number of benzene rings is 2. The van der Waals surface area contributed by atoms with Gasteiger partial charge in [0.2, 0.25) is 5.91 Å². The summed E-state index contributed by atoms with van der Waals surface area (Å²) in [6.07, 6.45) is 2.65. The highest BCUT2D eigenvalue weighted by molar-refractivity contribution is 7.98. The van der Waals surface area contributed by atoms with E-state index in [0.717, 1.165) is 38.0 Å². The second-order valence-corrected chi connectivity index (χ2v) is 17.8. The summed E-state index contributed by atoms with van der Waals surface area (Å²) in [7, 11) is 4.31. The van der Waals surface area contributed by atoms with Gasteiger partial charge in [0, 0.05) is 42.5 Å². The molecule has 4 rings (SSSR count). The smallest absolute Gasteiger partial charge is 0.240 e. The number of nitrogens with zero attached hydrogens (tertiary/aromatic N) is 3. The number of hydroxylamine groups is 2. The van der Waals surface area contributed by atoms with Crippen molar-refractivity contribution in [1.82, 2.24) is 20.2 Å². The normalized spacial score (nSPS) is 28.0. The monoisotopic (exact) mass is 724 g/mol. The van der Waals surface area contributed by atoms with Crippen molar-refractivity contribution in [2.75, 3.05) is 33.5 Å². The molecule has 0 spiro atoms. The maximum Gasteiger partial charge on any atom is 0.240 e. The molecule has 51 heavy (non-hydrogen) atoms. The fraction of sp³-hybridized carbons (Fsp3) is 0.690. The van der Waals surface area contributed by atoms with Gasteiger partial charge in [-0.05, 0) is 92.0 Å². The zero-order chi connectivity index (χ0) is 37.6. The first-order chi connectivity index (χ1) is 24.1. The molecule has 8 nitrogen and oxygen atoms in total. The summed E-state index contributed by atoms with van der Waals surface area (Å²) >= 11 is 1.80. The molecule has 286 valence electrons. The predicted octanol–water partition coefficient (Wildman–Crippen LogP) is 6.68. The van der Waals surface area contributed by atoms with Crippen LogP contribution in [-0.2, 0) is 29.3 Å². The third-order valence-corrected chi connectivity index (χ3v) is 13.1. The summed E-state index contributed by atoms with van der Waals surface area (Å²) < 4.78 is 0. The van der Waals surface area contributed by atoms with Gasteiger partial charge in [-0.3, -0.25) is 14.5 Å². The fourth-order valence-electron chi connectivity index (χ4n) is 8.62. The number of amides is 1. The summed E-state index contributed by atoms with van der Waals surface area (Å²) in [4.78, 5) is 26.8. The number of nitrogens with one attached hydrogen (secondary N) is 1. The summed E-state index contributed by atoms with van der Waals surface area (Å²) in [5.74, 6) is 1.07. The maximum atomic E-state index is 14.3. The van der Waals surface area contributed by atoms with Crippen LogP contribution in [0, 0.1) is 35.0 Å². The molecule has 9 heteroatoms. The number of aliphatic hydroxyl groups is 2. The molecule has 0 radical (unpaired) electrons. The first-order valence-corrected chi connectivity index (χ1v) is 20.4. The standard InChI is InChI=1S/C42H68N4O4S/c1-27(2)19-35(25-44(9)10)45(24-34-17-12-13-18-38(34)51-11)22-32-15-14-16-33(21-32)23-46-40(39(31(6)48)37(26-47)50-46)41(49)43-36-20-28(3)42(7,8)30(5)29(36)4/h12-18,21,27-31,35-37,39-40,47-48H,19-20,22-26H2,1-11H3,(H,43,49)/t28-,29+,30+,31+,35+,36+,37+,39-,40+/m1/s1. The topological polar surface area (TPSA) is 88.5 Å². The molecule has 0 aromatic heterocycles. The first-order valence-electron chi connectivity index (χ1n) is 19.2. The molecule has 1 amide bonds. The van der Waals surface area contributed by atoms with Crippen LogP contribution >= 0.6 is 11.8 Å². The van der Waals surface area contributed by atoms with Crippen LogP contribution < -0.4 is 5.32 Å². The second kappa shape index (κ2) is 18.4. The second-order valence-electron chi connectivity index (χ2n) is 17.0. The molecular formula is C42H68N4O4S. The van der Waals surface area contributed by atoms with Gasteiger partial charge < -0.3 is 20.4 Å². The van der Waals surface area contributed by atoms with Crippen molar-refractivity contribution in [1.29, 1.82) is 0 Å². The van der Waals surface area contributed by atoms with Crippen molar-refractivity contribution in [2.24, 2.45) is 35.0 Å². The summed E-state index contributed by atoms with van der Waals surface area (Å²) in [6, 6.07) is 17.0. The van der Waals surface area contributed by atoms with Gasteiger partial charge in [0.1, 0.15) is 12.1 Å². The van der Waals surface area contributed by atoms with E-state index in [-0.39, 0.29) is 24.0 Å². The van der Waals surface area contributed by atoms with Gasteiger partial charge in [0.15, 0.2) is 0 Å². The Labute approximate surface area is 313 Å². The number of likely N-dealkylation sites (N-methyl/N-ethyl adjacent to an activating group) is 1. The number of carbonyl (C=O) groups is 1. The van der Waals surface area contributed by atoms with Crippen molar-refractivity contribution >= 4 is 17.7 Å². The third kappa shape index (κ3) is 10.4. The first kappa shape index (κ1) is 41.8. The van der Waals surface area contributed by atoms with Crippen LogP contribution in [0.1, 0.15) is 84.9 Å². The molecule has 2 aromatic rings. The molecule has 1 saturated carbocycles. The molecule has 1 saturated heterocycles. The average molecular weight is 725 g/mol. The molecule has 1 aliphatic carbocycles. The van der Waals surface area contributed by atoms with Crippen LogP contribution in [0.2, 0.25) is 0 Å². The maximum absolute atomic E-state index is 14.3. The predicted molar refractivity (Wildman–Crippen MR) is 210 cm³/mol. The quantitative estimate of drug-likeness (QED) is 0.165. The van der Waals surface area contributed by atoms with E-state index in [1.54, 1.807) is 23.7 Å². The van der Waals surface area contributed by atoms with Crippen molar-refractivity contribution in [3.05, 3.63) is 65.2 Å². The van der Waals surface area contributed by atoms with E-state index in [0.29, 0.717) is 36.3 Å². The lowest BCUT2D eigenvalue weighted by atomic mass is 9.58. The minimum Gasteiger partial charge on any atom is -0.394 e. The van der Waals surface area contributed by atoms with Crippen molar-refractivity contribution in [3.8, 4) is 0 Å². The van der Waals surface area contributed by atoms with Crippen LogP contribution in [0.25, 0.3) is 0 Å². The lowest BCUT2D eigenvalue weighted by molar-refractivity contribution is -0.182. The van der Waals surface area contributed by atoms with E-state index >= 15 is 0 Å². The van der Waals surface area contributed by atoms with Gasteiger partial charge in [0.25, 0.3) is 0 Å². The van der Waals surface area contributed by atoms with E-state index in [2.05, 4.69) is 132 Å². The minimum absolute atomic E-state index is 0.0340. The molecule has 0 bridgehead atoms.